The lowest BCUT2D eigenvalue weighted by atomic mass is 10.2. The molecule has 0 bridgehead atoms. The van der Waals surface area contributed by atoms with Crippen LogP contribution in [-0.4, -0.2) is 25.1 Å². The first-order valence-electron chi connectivity index (χ1n) is 8.21. The van der Waals surface area contributed by atoms with E-state index in [1.165, 1.54) is 29.5 Å². The summed E-state index contributed by atoms with van der Waals surface area (Å²) in [6, 6.07) is 12.1. The highest BCUT2D eigenvalue weighted by molar-refractivity contribution is 7.99. The summed E-state index contributed by atoms with van der Waals surface area (Å²) < 4.78 is 5.74. The van der Waals surface area contributed by atoms with Gasteiger partial charge in [-0.1, -0.05) is 17.8 Å². The number of nitro groups is 1. The minimum atomic E-state index is -0.448. The Balaban J connectivity index is 1.52. The minimum Gasteiger partial charge on any atom is -0.419 e. The summed E-state index contributed by atoms with van der Waals surface area (Å²) in [4.78, 5) is 18.1. The van der Waals surface area contributed by atoms with Gasteiger partial charge in [-0.3, -0.25) is 10.1 Å². The zero-order chi connectivity index (χ0) is 19.0. The molecule has 0 aliphatic rings. The molecule has 0 amide bonds. The average Bonchev–Trinajstić information content (AvgIpc) is 3.28. The number of imidazole rings is 1. The van der Waals surface area contributed by atoms with Gasteiger partial charge in [-0.05, 0) is 43.7 Å². The van der Waals surface area contributed by atoms with Crippen LogP contribution in [0, 0.1) is 17.0 Å². The van der Waals surface area contributed by atoms with E-state index in [0.717, 1.165) is 16.2 Å². The van der Waals surface area contributed by atoms with E-state index >= 15 is 0 Å². The van der Waals surface area contributed by atoms with Crippen molar-refractivity contribution in [3.63, 3.8) is 0 Å². The molecule has 0 fully saturated rings. The van der Waals surface area contributed by atoms with Crippen molar-refractivity contribution in [2.24, 2.45) is 0 Å². The smallest absolute Gasteiger partial charge is 0.269 e. The van der Waals surface area contributed by atoms with E-state index in [2.05, 4.69) is 26.2 Å². The normalized spacial score (nSPS) is 12.4. The number of benzene rings is 2. The summed E-state index contributed by atoms with van der Waals surface area (Å²) in [5.74, 6) is 0.789. The second-order valence-corrected chi connectivity index (χ2v) is 7.40. The molecule has 136 valence electrons. The number of non-ortho nitro benzene ring substituents is 1. The predicted octanol–water partition coefficient (Wildman–Crippen LogP) is 4.68. The number of H-pyrrole nitrogens is 1. The average molecular weight is 381 g/mol. The summed E-state index contributed by atoms with van der Waals surface area (Å²) in [7, 11) is 0. The molecule has 0 saturated heterocycles. The summed E-state index contributed by atoms with van der Waals surface area (Å²) in [5, 5.41) is 19.6. The first kappa shape index (κ1) is 17.2. The van der Waals surface area contributed by atoms with E-state index in [4.69, 9.17) is 4.42 Å². The van der Waals surface area contributed by atoms with Gasteiger partial charge in [0.15, 0.2) is 5.16 Å². The Labute approximate surface area is 158 Å². The highest BCUT2D eigenvalue weighted by atomic mass is 32.2. The third-order valence-electron chi connectivity index (χ3n) is 4.02. The predicted molar refractivity (Wildman–Crippen MR) is 101 cm³/mol. The first-order valence-corrected chi connectivity index (χ1v) is 9.09. The first-order chi connectivity index (χ1) is 13.0. The Bertz CT molecular complexity index is 1120. The van der Waals surface area contributed by atoms with Crippen LogP contribution in [0.25, 0.3) is 22.5 Å². The quantitative estimate of drug-likeness (QED) is 0.303. The molecule has 1 N–H and O–H groups in total. The molecule has 1 atom stereocenters. The fraction of sp³-hybridized carbons (Fsp3) is 0.167. The maximum atomic E-state index is 10.7. The Hall–Kier alpha value is -3.20. The van der Waals surface area contributed by atoms with Crippen LogP contribution in [0.3, 0.4) is 0 Å². The van der Waals surface area contributed by atoms with Crippen molar-refractivity contribution in [1.82, 2.24) is 20.2 Å². The van der Waals surface area contributed by atoms with Gasteiger partial charge < -0.3 is 9.40 Å². The SMILES string of the molecule is Cc1ccc2nc(SC(C)c3nnc(-c4ccc([N+](=O)[O-])cc4)o3)[nH]c2c1. The molecule has 2 heterocycles. The van der Waals surface area contributed by atoms with Gasteiger partial charge in [-0.2, -0.15) is 0 Å². The molecule has 1 unspecified atom stereocenters. The number of hydrogen-bond acceptors (Lipinski definition) is 7. The highest BCUT2D eigenvalue weighted by Gasteiger charge is 2.18. The van der Waals surface area contributed by atoms with E-state index < -0.39 is 4.92 Å². The van der Waals surface area contributed by atoms with E-state index in [0.29, 0.717) is 17.3 Å². The Morgan fingerprint density at radius 3 is 2.70 bits per heavy atom. The van der Waals surface area contributed by atoms with Crippen LogP contribution in [0.1, 0.15) is 23.6 Å². The molecule has 0 spiro atoms. The lowest BCUT2D eigenvalue weighted by molar-refractivity contribution is -0.384. The summed E-state index contributed by atoms with van der Waals surface area (Å²) in [6.07, 6.45) is 0. The molecule has 2 aromatic carbocycles. The number of nitro benzene ring substituents is 1. The number of hydrogen-bond donors (Lipinski definition) is 1. The van der Waals surface area contributed by atoms with Gasteiger partial charge in [-0.25, -0.2) is 4.98 Å². The second kappa shape index (κ2) is 6.84. The van der Waals surface area contributed by atoms with Gasteiger partial charge in [0.1, 0.15) is 0 Å². The Morgan fingerprint density at radius 1 is 1.19 bits per heavy atom. The van der Waals surface area contributed by atoms with Crippen LogP contribution in [0.15, 0.2) is 52.0 Å². The fourth-order valence-electron chi connectivity index (χ4n) is 2.61. The van der Waals surface area contributed by atoms with Crippen molar-refractivity contribution in [2.75, 3.05) is 0 Å². The van der Waals surface area contributed by atoms with E-state index in [9.17, 15) is 10.1 Å². The molecule has 0 radical (unpaired) electrons. The van der Waals surface area contributed by atoms with Crippen LogP contribution in [0.5, 0.6) is 0 Å². The Kier molecular flexibility index (Phi) is 4.36. The van der Waals surface area contributed by atoms with E-state index in [-0.39, 0.29) is 10.9 Å². The monoisotopic (exact) mass is 381 g/mol. The van der Waals surface area contributed by atoms with Crippen molar-refractivity contribution in [2.45, 2.75) is 24.3 Å². The van der Waals surface area contributed by atoms with Gasteiger partial charge in [0.25, 0.3) is 5.69 Å². The summed E-state index contributed by atoms with van der Waals surface area (Å²) in [5.41, 5.74) is 3.72. The Morgan fingerprint density at radius 2 is 1.96 bits per heavy atom. The topological polar surface area (TPSA) is 111 Å². The maximum Gasteiger partial charge on any atom is 0.269 e. The molecule has 2 aromatic heterocycles. The minimum absolute atomic E-state index is 0.0162. The number of thioether (sulfide) groups is 1. The number of nitrogens with one attached hydrogen (secondary N) is 1. The van der Waals surface area contributed by atoms with Crippen molar-refractivity contribution < 1.29 is 9.34 Å². The second-order valence-electron chi connectivity index (χ2n) is 6.07. The fourth-order valence-corrected chi connectivity index (χ4v) is 3.47. The van der Waals surface area contributed by atoms with Crippen molar-refractivity contribution >= 4 is 28.5 Å². The molecule has 27 heavy (non-hydrogen) atoms. The molecule has 0 aliphatic carbocycles. The maximum absolute atomic E-state index is 10.7. The molecule has 4 rings (SSSR count). The third kappa shape index (κ3) is 3.54. The molecule has 8 nitrogen and oxygen atoms in total. The number of aromatic nitrogens is 4. The van der Waals surface area contributed by atoms with Crippen LogP contribution < -0.4 is 0 Å². The lowest BCUT2D eigenvalue weighted by Crippen LogP contribution is -1.89. The standard InChI is InChI=1S/C18H15N5O3S/c1-10-3-8-14-15(9-10)20-18(19-14)27-11(2)16-21-22-17(26-16)12-4-6-13(7-5-12)23(24)25/h3-9,11H,1-2H3,(H,19,20). The van der Waals surface area contributed by atoms with Gasteiger partial charge >= 0.3 is 0 Å². The molecule has 9 heteroatoms. The summed E-state index contributed by atoms with van der Waals surface area (Å²) in [6.45, 7) is 3.99. The molecular weight excluding hydrogens is 366 g/mol. The van der Waals surface area contributed by atoms with E-state index in [1.807, 2.05) is 26.0 Å². The van der Waals surface area contributed by atoms with Gasteiger partial charge in [0.05, 0.1) is 21.2 Å². The molecule has 4 aromatic rings. The van der Waals surface area contributed by atoms with Gasteiger partial charge in [-0.15, -0.1) is 10.2 Å². The van der Waals surface area contributed by atoms with Gasteiger partial charge in [0.2, 0.25) is 11.8 Å². The number of fused-ring (bicyclic) bond motifs is 1. The van der Waals surface area contributed by atoms with Crippen LogP contribution >= 0.6 is 11.8 Å². The van der Waals surface area contributed by atoms with Crippen LogP contribution in [0.2, 0.25) is 0 Å². The number of aromatic amines is 1. The van der Waals surface area contributed by atoms with Crippen LogP contribution in [0.4, 0.5) is 5.69 Å². The number of rotatable bonds is 5. The largest absolute Gasteiger partial charge is 0.419 e. The highest BCUT2D eigenvalue weighted by Crippen LogP contribution is 2.34. The lowest BCUT2D eigenvalue weighted by Gasteiger charge is -2.03. The summed E-state index contributed by atoms with van der Waals surface area (Å²) >= 11 is 1.49. The zero-order valence-corrected chi connectivity index (χ0v) is 15.4. The molecular formula is C18H15N5O3S. The van der Waals surface area contributed by atoms with Crippen molar-refractivity contribution in [3.8, 4) is 11.5 Å². The van der Waals surface area contributed by atoms with Gasteiger partial charge in [0, 0.05) is 17.7 Å². The zero-order valence-electron chi connectivity index (χ0n) is 14.5. The molecule has 0 aliphatic heterocycles. The number of aryl methyl sites for hydroxylation is 1. The van der Waals surface area contributed by atoms with Crippen molar-refractivity contribution in [1.29, 1.82) is 0 Å². The van der Waals surface area contributed by atoms with Crippen LogP contribution in [-0.2, 0) is 0 Å². The third-order valence-corrected chi connectivity index (χ3v) is 4.99. The van der Waals surface area contributed by atoms with Crippen molar-refractivity contribution in [3.05, 3.63) is 64.0 Å². The molecule has 0 saturated carbocycles. The number of nitrogens with zero attached hydrogens (tertiary/aromatic N) is 4. The van der Waals surface area contributed by atoms with E-state index in [1.54, 1.807) is 12.1 Å².